The van der Waals surface area contributed by atoms with Gasteiger partial charge in [-0.3, -0.25) is 9.36 Å². The summed E-state index contributed by atoms with van der Waals surface area (Å²) in [5.41, 5.74) is 0.0888. The predicted molar refractivity (Wildman–Crippen MR) is 76.8 cm³/mol. The average Bonchev–Trinajstić information content (AvgIpc) is 2.89. The minimum Gasteiger partial charge on any atom is -0.378 e. The van der Waals surface area contributed by atoms with E-state index < -0.39 is 0 Å². The molecule has 112 valence electrons. The lowest BCUT2D eigenvalue weighted by molar-refractivity contribution is 0.0872. The van der Waals surface area contributed by atoms with Gasteiger partial charge in [0.15, 0.2) is 0 Å². The van der Waals surface area contributed by atoms with E-state index in [9.17, 15) is 9.59 Å². The molecule has 1 fully saturated rings. The van der Waals surface area contributed by atoms with E-state index >= 15 is 0 Å². The highest BCUT2D eigenvalue weighted by Crippen LogP contribution is 2.22. The van der Waals surface area contributed by atoms with Crippen molar-refractivity contribution in [2.75, 3.05) is 13.2 Å². The van der Waals surface area contributed by atoms with Crippen LogP contribution in [0.25, 0.3) is 0 Å². The Labute approximate surface area is 118 Å². The van der Waals surface area contributed by atoms with Crippen LogP contribution in [-0.2, 0) is 25.4 Å². The SMILES string of the molecule is CCC1OCCC1CNCc1cn(C)c(=O)n(C)c1=O. The minimum absolute atomic E-state index is 0.227. The van der Waals surface area contributed by atoms with Gasteiger partial charge in [0.25, 0.3) is 5.56 Å². The molecule has 20 heavy (non-hydrogen) atoms. The summed E-state index contributed by atoms with van der Waals surface area (Å²) in [6.07, 6.45) is 4.02. The summed E-state index contributed by atoms with van der Waals surface area (Å²) in [6.45, 7) is 4.27. The molecule has 1 N–H and O–H groups in total. The van der Waals surface area contributed by atoms with E-state index in [0.29, 0.717) is 24.1 Å². The van der Waals surface area contributed by atoms with E-state index in [1.807, 2.05) is 0 Å². The molecule has 1 saturated heterocycles. The molecule has 0 aliphatic carbocycles. The number of rotatable bonds is 5. The smallest absolute Gasteiger partial charge is 0.330 e. The van der Waals surface area contributed by atoms with Gasteiger partial charge in [-0.15, -0.1) is 0 Å². The number of ether oxygens (including phenoxy) is 1. The predicted octanol–water partition coefficient (Wildman–Crippen LogP) is -0.0113. The molecule has 0 spiro atoms. The van der Waals surface area contributed by atoms with Crippen LogP contribution in [-0.4, -0.2) is 28.4 Å². The normalized spacial score (nSPS) is 22.4. The molecule has 1 aliphatic heterocycles. The fourth-order valence-corrected chi connectivity index (χ4v) is 2.77. The van der Waals surface area contributed by atoms with Crippen LogP contribution in [0.5, 0.6) is 0 Å². The quantitative estimate of drug-likeness (QED) is 0.824. The molecule has 1 aliphatic rings. The molecule has 2 heterocycles. The third-order valence-electron chi connectivity index (χ3n) is 3.99. The highest BCUT2D eigenvalue weighted by atomic mass is 16.5. The Morgan fingerprint density at radius 1 is 1.40 bits per heavy atom. The summed E-state index contributed by atoms with van der Waals surface area (Å²) in [4.78, 5) is 23.6. The summed E-state index contributed by atoms with van der Waals surface area (Å²) in [5.74, 6) is 0.511. The molecule has 0 saturated carbocycles. The van der Waals surface area contributed by atoms with Crippen LogP contribution >= 0.6 is 0 Å². The van der Waals surface area contributed by atoms with Crippen LogP contribution < -0.4 is 16.6 Å². The van der Waals surface area contributed by atoms with Crippen molar-refractivity contribution in [2.24, 2.45) is 20.0 Å². The van der Waals surface area contributed by atoms with Gasteiger partial charge in [-0.05, 0) is 18.8 Å². The maximum absolute atomic E-state index is 12.0. The molecular formula is C14H23N3O3. The molecule has 1 aromatic heterocycles. The van der Waals surface area contributed by atoms with Crippen LogP contribution in [0.4, 0.5) is 0 Å². The van der Waals surface area contributed by atoms with E-state index in [-0.39, 0.29) is 11.2 Å². The van der Waals surface area contributed by atoms with Gasteiger partial charge in [0, 0.05) is 45.6 Å². The first-order valence-electron chi connectivity index (χ1n) is 7.12. The Balaban J connectivity index is 1.98. The summed E-state index contributed by atoms with van der Waals surface area (Å²) >= 11 is 0. The standard InChI is InChI=1S/C14H23N3O3/c1-4-12-10(5-6-20-12)7-15-8-11-9-16(2)14(19)17(3)13(11)18/h9-10,12,15H,4-8H2,1-3H3. The summed E-state index contributed by atoms with van der Waals surface area (Å²) in [6, 6.07) is 0. The van der Waals surface area contributed by atoms with Crippen molar-refractivity contribution in [3.63, 3.8) is 0 Å². The van der Waals surface area contributed by atoms with Crippen molar-refractivity contribution < 1.29 is 4.74 Å². The van der Waals surface area contributed by atoms with Crippen LogP contribution in [0.3, 0.4) is 0 Å². The second kappa shape index (κ2) is 6.37. The maximum atomic E-state index is 12.0. The highest BCUT2D eigenvalue weighted by Gasteiger charge is 2.26. The first-order valence-corrected chi connectivity index (χ1v) is 7.12. The van der Waals surface area contributed by atoms with E-state index in [1.165, 1.54) is 11.6 Å². The Morgan fingerprint density at radius 3 is 2.85 bits per heavy atom. The second-order valence-electron chi connectivity index (χ2n) is 5.41. The van der Waals surface area contributed by atoms with Crippen molar-refractivity contribution in [2.45, 2.75) is 32.4 Å². The minimum atomic E-state index is -0.297. The maximum Gasteiger partial charge on any atom is 0.330 e. The molecule has 2 atom stereocenters. The zero-order chi connectivity index (χ0) is 14.7. The zero-order valence-corrected chi connectivity index (χ0v) is 12.4. The summed E-state index contributed by atoms with van der Waals surface area (Å²) in [5, 5.41) is 3.31. The number of hydrogen-bond donors (Lipinski definition) is 1. The van der Waals surface area contributed by atoms with Crippen LogP contribution in [0, 0.1) is 5.92 Å². The van der Waals surface area contributed by atoms with Crippen molar-refractivity contribution in [1.82, 2.24) is 14.5 Å². The third-order valence-corrected chi connectivity index (χ3v) is 3.99. The molecular weight excluding hydrogens is 258 g/mol. The summed E-state index contributed by atoms with van der Waals surface area (Å²) in [7, 11) is 3.16. The number of aryl methyl sites for hydroxylation is 1. The molecule has 2 unspecified atom stereocenters. The highest BCUT2D eigenvalue weighted by molar-refractivity contribution is 5.05. The van der Waals surface area contributed by atoms with Gasteiger partial charge >= 0.3 is 5.69 Å². The van der Waals surface area contributed by atoms with Gasteiger partial charge in [0.05, 0.1) is 6.10 Å². The molecule has 0 aromatic carbocycles. The second-order valence-corrected chi connectivity index (χ2v) is 5.41. The monoisotopic (exact) mass is 281 g/mol. The van der Waals surface area contributed by atoms with Gasteiger partial charge in [-0.1, -0.05) is 6.92 Å². The number of nitrogens with zero attached hydrogens (tertiary/aromatic N) is 2. The fourth-order valence-electron chi connectivity index (χ4n) is 2.77. The Kier molecular flexibility index (Phi) is 4.77. The molecule has 0 radical (unpaired) electrons. The first kappa shape index (κ1) is 15.0. The van der Waals surface area contributed by atoms with Gasteiger partial charge < -0.3 is 14.6 Å². The molecule has 0 bridgehead atoms. The van der Waals surface area contributed by atoms with Gasteiger partial charge in [-0.25, -0.2) is 4.79 Å². The third kappa shape index (κ3) is 3.02. The fraction of sp³-hybridized carbons (Fsp3) is 0.714. The van der Waals surface area contributed by atoms with Gasteiger partial charge in [0.1, 0.15) is 0 Å². The van der Waals surface area contributed by atoms with Crippen LogP contribution in [0.1, 0.15) is 25.3 Å². The number of hydrogen-bond acceptors (Lipinski definition) is 4. The first-order chi connectivity index (χ1) is 9.54. The molecule has 0 amide bonds. The largest absolute Gasteiger partial charge is 0.378 e. The summed E-state index contributed by atoms with van der Waals surface area (Å²) < 4.78 is 8.22. The van der Waals surface area contributed by atoms with Crippen molar-refractivity contribution in [1.29, 1.82) is 0 Å². The average molecular weight is 281 g/mol. The van der Waals surface area contributed by atoms with E-state index in [2.05, 4.69) is 12.2 Å². The molecule has 6 nitrogen and oxygen atoms in total. The van der Waals surface area contributed by atoms with Crippen molar-refractivity contribution in [3.8, 4) is 0 Å². The lowest BCUT2D eigenvalue weighted by Crippen LogP contribution is -2.40. The van der Waals surface area contributed by atoms with Crippen LogP contribution in [0.2, 0.25) is 0 Å². The zero-order valence-electron chi connectivity index (χ0n) is 12.4. The lowest BCUT2D eigenvalue weighted by Gasteiger charge is -2.17. The number of nitrogens with one attached hydrogen (secondary N) is 1. The van der Waals surface area contributed by atoms with E-state index in [0.717, 1.165) is 30.6 Å². The Morgan fingerprint density at radius 2 is 2.15 bits per heavy atom. The molecule has 1 aromatic rings. The van der Waals surface area contributed by atoms with Crippen molar-refractivity contribution >= 4 is 0 Å². The van der Waals surface area contributed by atoms with Gasteiger partial charge in [-0.2, -0.15) is 0 Å². The van der Waals surface area contributed by atoms with E-state index in [1.54, 1.807) is 13.2 Å². The van der Waals surface area contributed by atoms with Crippen LogP contribution in [0.15, 0.2) is 15.8 Å². The molecule has 2 rings (SSSR count). The lowest BCUT2D eigenvalue weighted by atomic mass is 10.00. The number of aromatic nitrogens is 2. The Bertz CT molecular complexity index is 576. The molecule has 6 heteroatoms. The topological polar surface area (TPSA) is 65.3 Å². The van der Waals surface area contributed by atoms with Crippen molar-refractivity contribution in [3.05, 3.63) is 32.6 Å². The Hall–Kier alpha value is -1.40. The van der Waals surface area contributed by atoms with E-state index in [4.69, 9.17) is 4.74 Å². The van der Waals surface area contributed by atoms with Gasteiger partial charge in [0.2, 0.25) is 0 Å².